The molecule has 0 heterocycles. The van der Waals surface area contributed by atoms with Crippen molar-refractivity contribution in [1.29, 1.82) is 0 Å². The van der Waals surface area contributed by atoms with E-state index in [2.05, 4.69) is 32.9 Å². The molecule has 0 bridgehead atoms. The van der Waals surface area contributed by atoms with Gasteiger partial charge in [-0.05, 0) is 19.3 Å². The fourth-order valence-electron chi connectivity index (χ4n) is 5.26. The Morgan fingerprint density at radius 1 is 0.389 bits per heavy atom. The summed E-state index contributed by atoms with van der Waals surface area (Å²) in [5.41, 5.74) is 0. The molecule has 0 aromatic carbocycles. The van der Waals surface area contributed by atoms with Crippen molar-refractivity contribution in [1.82, 2.24) is 0 Å². The van der Waals surface area contributed by atoms with Gasteiger partial charge in [-0.15, -0.1) is 0 Å². The largest absolute Gasteiger partial charge is 0.500 e. The first-order valence-corrected chi connectivity index (χ1v) is 19.2. The van der Waals surface area contributed by atoms with E-state index in [0.29, 0.717) is 0 Å². The Kier molecular flexibility index (Phi) is 33.5. The van der Waals surface area contributed by atoms with Crippen LogP contribution in [0.3, 0.4) is 0 Å². The van der Waals surface area contributed by atoms with Gasteiger partial charge in [0.2, 0.25) is 0 Å². The van der Waals surface area contributed by atoms with Crippen LogP contribution in [0.1, 0.15) is 188 Å². The van der Waals surface area contributed by atoms with Gasteiger partial charge in [0.1, 0.15) is 0 Å². The minimum Gasteiger partial charge on any atom is -0.500 e. The SMILES string of the molecule is CCCCCCCCCC/C=C/CC[O][Al]([CH2]CCCCCCCCC)[CH2]CCCCCCCCC. The summed E-state index contributed by atoms with van der Waals surface area (Å²) in [5.74, 6) is 0. The number of hydrogen-bond acceptors (Lipinski definition) is 1. The van der Waals surface area contributed by atoms with Gasteiger partial charge in [0.15, 0.2) is 0 Å². The summed E-state index contributed by atoms with van der Waals surface area (Å²) in [4.78, 5) is 0. The van der Waals surface area contributed by atoms with Crippen LogP contribution in [-0.4, -0.2) is 21.1 Å². The van der Waals surface area contributed by atoms with Crippen LogP contribution < -0.4 is 0 Å². The van der Waals surface area contributed by atoms with Crippen LogP contribution >= 0.6 is 0 Å². The lowest BCUT2D eigenvalue weighted by molar-refractivity contribution is 0.322. The van der Waals surface area contributed by atoms with Crippen LogP contribution in [0.4, 0.5) is 0 Å². The van der Waals surface area contributed by atoms with E-state index in [9.17, 15) is 0 Å². The molecule has 0 aliphatic carbocycles. The Labute approximate surface area is 234 Å². The molecule has 0 saturated heterocycles. The summed E-state index contributed by atoms with van der Waals surface area (Å²) in [6.45, 7) is 7.90. The molecule has 1 nitrogen and oxygen atoms in total. The Bertz CT molecular complexity index is 388. The standard InChI is InChI=1S/C14H27O.2C10H21.Al/c1-2-3-4-5-6-7-8-9-10-11-12-13-14-15;2*1-3-5-7-9-10-8-6-4-2;/h11-12H,2-10,13-14H2,1H3;2*1,3-10H2,2H3;/q-1;;;+1/b12-11+;;;. The Hall–Kier alpha value is 0.232. The fraction of sp³-hybridized carbons (Fsp3) is 0.941. The van der Waals surface area contributed by atoms with Crippen LogP contribution in [-0.2, 0) is 3.79 Å². The average molecular weight is 521 g/mol. The van der Waals surface area contributed by atoms with E-state index in [-0.39, 0.29) is 0 Å². The number of rotatable bonds is 31. The molecule has 0 fully saturated rings. The molecule has 36 heavy (non-hydrogen) atoms. The zero-order valence-electron chi connectivity index (χ0n) is 25.6. The number of hydrogen-bond donors (Lipinski definition) is 0. The average Bonchev–Trinajstić information content (AvgIpc) is 2.89. The summed E-state index contributed by atoms with van der Waals surface area (Å²) >= 11 is -0.994. The predicted molar refractivity (Wildman–Crippen MR) is 168 cm³/mol. The van der Waals surface area contributed by atoms with E-state index in [4.69, 9.17) is 3.79 Å². The lowest BCUT2D eigenvalue weighted by Crippen LogP contribution is -2.18. The maximum Gasteiger partial charge on any atom is 0.460 e. The van der Waals surface area contributed by atoms with Crippen LogP contribution in [0.25, 0.3) is 0 Å². The third-order valence-electron chi connectivity index (χ3n) is 7.79. The van der Waals surface area contributed by atoms with Gasteiger partial charge >= 0.3 is 14.5 Å². The molecule has 0 N–H and O–H groups in total. The second-order valence-electron chi connectivity index (χ2n) is 11.5. The molecule has 0 aromatic rings. The van der Waals surface area contributed by atoms with E-state index in [1.54, 1.807) is 0 Å². The van der Waals surface area contributed by atoms with Gasteiger partial charge in [-0.1, -0.05) is 191 Å². The van der Waals surface area contributed by atoms with E-state index >= 15 is 0 Å². The fourth-order valence-corrected chi connectivity index (χ4v) is 7.84. The molecule has 0 rings (SSSR count). The second-order valence-corrected chi connectivity index (χ2v) is 14.3. The van der Waals surface area contributed by atoms with Gasteiger partial charge in [-0.25, -0.2) is 0 Å². The smallest absolute Gasteiger partial charge is 0.460 e. The molecule has 0 spiro atoms. The quantitative estimate of drug-likeness (QED) is 0.0501. The van der Waals surface area contributed by atoms with Crippen molar-refractivity contribution in [3.05, 3.63) is 12.2 Å². The number of unbranched alkanes of at least 4 members (excludes halogenated alkanes) is 22. The first-order chi connectivity index (χ1) is 17.8. The van der Waals surface area contributed by atoms with Gasteiger partial charge in [0.05, 0.1) is 0 Å². The minimum atomic E-state index is -0.994. The van der Waals surface area contributed by atoms with Gasteiger partial charge < -0.3 is 3.79 Å². The zero-order chi connectivity index (χ0) is 26.2. The molecule has 0 saturated carbocycles. The van der Waals surface area contributed by atoms with Crippen LogP contribution in [0, 0.1) is 0 Å². The van der Waals surface area contributed by atoms with Gasteiger partial charge in [0.25, 0.3) is 0 Å². The molecule has 2 heteroatoms. The van der Waals surface area contributed by atoms with Crippen molar-refractivity contribution < 1.29 is 3.79 Å². The molecular weight excluding hydrogens is 451 g/mol. The highest BCUT2D eigenvalue weighted by molar-refractivity contribution is 6.51. The van der Waals surface area contributed by atoms with Gasteiger partial charge in [-0.2, -0.15) is 0 Å². The van der Waals surface area contributed by atoms with E-state index in [1.807, 2.05) is 0 Å². The molecule has 0 amide bonds. The van der Waals surface area contributed by atoms with E-state index < -0.39 is 14.5 Å². The monoisotopic (exact) mass is 521 g/mol. The summed E-state index contributed by atoms with van der Waals surface area (Å²) in [5, 5.41) is 2.85. The first-order valence-electron chi connectivity index (χ1n) is 17.1. The van der Waals surface area contributed by atoms with Gasteiger partial charge in [-0.3, -0.25) is 0 Å². The molecular formula is C34H69AlO. The molecule has 0 unspecified atom stereocenters. The van der Waals surface area contributed by atoms with Gasteiger partial charge in [0, 0.05) is 6.61 Å². The third-order valence-corrected chi connectivity index (χ3v) is 10.6. The summed E-state index contributed by atoms with van der Waals surface area (Å²) in [7, 11) is 0. The highest BCUT2D eigenvalue weighted by Crippen LogP contribution is 2.17. The summed E-state index contributed by atoms with van der Waals surface area (Å²) in [6.07, 6.45) is 41.5. The summed E-state index contributed by atoms with van der Waals surface area (Å²) in [6, 6.07) is 0. The highest BCUT2D eigenvalue weighted by atomic mass is 27.2. The molecule has 0 aliphatic rings. The molecule has 0 aliphatic heterocycles. The Morgan fingerprint density at radius 3 is 1.14 bits per heavy atom. The predicted octanol–water partition coefficient (Wildman–Crippen LogP) is 12.8. The van der Waals surface area contributed by atoms with E-state index in [1.165, 1.54) is 171 Å². The first kappa shape index (κ1) is 36.2. The van der Waals surface area contributed by atoms with Crippen LogP contribution in [0.15, 0.2) is 12.2 Å². The topological polar surface area (TPSA) is 9.23 Å². The van der Waals surface area contributed by atoms with Crippen LogP contribution in [0.2, 0.25) is 10.6 Å². The zero-order valence-corrected chi connectivity index (χ0v) is 26.8. The maximum absolute atomic E-state index is 6.54. The molecule has 0 aromatic heterocycles. The molecule has 214 valence electrons. The Balaban J connectivity index is 3.89. The minimum absolute atomic E-state index is 0.985. The highest BCUT2D eigenvalue weighted by Gasteiger charge is 2.19. The van der Waals surface area contributed by atoms with Crippen molar-refractivity contribution in [3.63, 3.8) is 0 Å². The summed E-state index contributed by atoms with van der Waals surface area (Å²) < 4.78 is 6.54. The van der Waals surface area contributed by atoms with Crippen molar-refractivity contribution in [3.8, 4) is 0 Å². The maximum atomic E-state index is 6.54. The second kappa shape index (κ2) is 33.3. The lowest BCUT2D eigenvalue weighted by atomic mass is 10.1. The van der Waals surface area contributed by atoms with Crippen molar-refractivity contribution in [2.75, 3.05) is 6.61 Å². The normalized spacial score (nSPS) is 11.6. The molecule has 0 radical (unpaired) electrons. The molecule has 0 atom stereocenters. The lowest BCUT2D eigenvalue weighted by Gasteiger charge is -2.13. The van der Waals surface area contributed by atoms with Crippen molar-refractivity contribution in [2.24, 2.45) is 0 Å². The van der Waals surface area contributed by atoms with Crippen LogP contribution in [0.5, 0.6) is 0 Å². The van der Waals surface area contributed by atoms with E-state index in [0.717, 1.165) is 13.0 Å². The number of allylic oxidation sites excluding steroid dienone is 1. The van der Waals surface area contributed by atoms with Crippen molar-refractivity contribution in [2.45, 2.75) is 198 Å². The Morgan fingerprint density at radius 2 is 0.722 bits per heavy atom. The van der Waals surface area contributed by atoms with Crippen molar-refractivity contribution >= 4 is 14.5 Å². The third kappa shape index (κ3) is 30.5.